The lowest BCUT2D eigenvalue weighted by atomic mass is 9.86. The third-order valence-corrected chi connectivity index (χ3v) is 3.95. The summed E-state index contributed by atoms with van der Waals surface area (Å²) >= 11 is 0. The molecule has 2 aliphatic heterocycles. The molecule has 1 aromatic carbocycles. The van der Waals surface area contributed by atoms with Gasteiger partial charge in [0.15, 0.2) is 0 Å². The van der Waals surface area contributed by atoms with Crippen LogP contribution < -0.4 is 0 Å². The van der Waals surface area contributed by atoms with Crippen LogP contribution in [0.5, 0.6) is 0 Å². The van der Waals surface area contributed by atoms with E-state index >= 15 is 0 Å². The van der Waals surface area contributed by atoms with Gasteiger partial charge in [0.1, 0.15) is 6.61 Å². The molecule has 0 radical (unpaired) electrons. The molecular formula is C15H18O4. The van der Waals surface area contributed by atoms with Crippen molar-refractivity contribution in [3.05, 3.63) is 35.9 Å². The van der Waals surface area contributed by atoms with Gasteiger partial charge in [-0.15, -0.1) is 0 Å². The molecule has 4 heteroatoms. The number of carbonyl (C=O) groups is 1. The zero-order valence-electron chi connectivity index (χ0n) is 10.8. The number of hydrogen-bond acceptors (Lipinski definition) is 4. The van der Waals surface area contributed by atoms with Crippen LogP contribution in [0.25, 0.3) is 0 Å². The summed E-state index contributed by atoms with van der Waals surface area (Å²) in [7, 11) is 0. The lowest BCUT2D eigenvalue weighted by molar-refractivity contribution is -0.282. The molecular weight excluding hydrogens is 244 g/mol. The summed E-state index contributed by atoms with van der Waals surface area (Å²) in [4.78, 5) is 21.6. The second-order valence-electron chi connectivity index (χ2n) is 5.38. The summed E-state index contributed by atoms with van der Waals surface area (Å²) in [5, 5.41) is 0. The summed E-state index contributed by atoms with van der Waals surface area (Å²) in [6, 6.07) is 9.62. The molecule has 0 aliphatic carbocycles. The van der Waals surface area contributed by atoms with E-state index in [1.54, 1.807) is 0 Å². The van der Waals surface area contributed by atoms with Crippen molar-refractivity contribution in [3.63, 3.8) is 0 Å². The highest BCUT2D eigenvalue weighted by molar-refractivity contribution is 5.70. The van der Waals surface area contributed by atoms with Crippen molar-refractivity contribution in [3.8, 4) is 0 Å². The summed E-state index contributed by atoms with van der Waals surface area (Å²) in [6.45, 7) is 0.281. The van der Waals surface area contributed by atoms with E-state index in [0.29, 0.717) is 12.5 Å². The normalized spacial score (nSPS) is 28.5. The molecule has 2 fully saturated rings. The van der Waals surface area contributed by atoms with Crippen LogP contribution in [0.3, 0.4) is 0 Å². The molecule has 0 saturated carbocycles. The molecule has 3 rings (SSSR count). The molecule has 0 unspecified atom stereocenters. The van der Waals surface area contributed by atoms with Crippen molar-refractivity contribution in [1.29, 1.82) is 0 Å². The van der Waals surface area contributed by atoms with E-state index < -0.39 is 0 Å². The Morgan fingerprint density at radius 3 is 2.63 bits per heavy atom. The van der Waals surface area contributed by atoms with Crippen LogP contribution in [-0.2, 0) is 25.9 Å². The van der Waals surface area contributed by atoms with E-state index in [9.17, 15) is 4.79 Å². The first-order chi connectivity index (χ1) is 9.26. The van der Waals surface area contributed by atoms with Crippen LogP contribution in [0.15, 0.2) is 30.3 Å². The highest BCUT2D eigenvalue weighted by atomic mass is 17.2. The Labute approximate surface area is 112 Å². The van der Waals surface area contributed by atoms with E-state index in [0.717, 1.165) is 31.2 Å². The molecule has 0 spiro atoms. The Bertz CT molecular complexity index is 435. The highest BCUT2D eigenvalue weighted by Crippen LogP contribution is 2.45. The molecule has 0 aromatic heterocycles. The molecule has 19 heavy (non-hydrogen) atoms. The largest absolute Gasteiger partial charge is 0.371 e. The lowest BCUT2D eigenvalue weighted by Crippen LogP contribution is -2.29. The third-order valence-electron chi connectivity index (χ3n) is 3.95. The van der Waals surface area contributed by atoms with Gasteiger partial charge in [-0.3, -0.25) is 4.89 Å². The van der Waals surface area contributed by atoms with Gasteiger partial charge in [-0.25, -0.2) is 4.79 Å². The quantitative estimate of drug-likeness (QED) is 0.604. The van der Waals surface area contributed by atoms with Crippen molar-refractivity contribution in [2.75, 3.05) is 0 Å². The molecule has 0 atom stereocenters. The molecule has 1 aromatic rings. The molecule has 4 nitrogen and oxygen atoms in total. The summed E-state index contributed by atoms with van der Waals surface area (Å²) in [6.07, 6.45) is 4.73. The SMILES string of the molecule is O=C(CC12CCC(CC1)O2)OOCc1ccccc1. The molecule has 2 bridgehead atoms. The highest BCUT2D eigenvalue weighted by Gasteiger charge is 2.47. The van der Waals surface area contributed by atoms with Crippen molar-refractivity contribution in [1.82, 2.24) is 0 Å². The average molecular weight is 262 g/mol. The van der Waals surface area contributed by atoms with E-state index in [1.165, 1.54) is 0 Å². The van der Waals surface area contributed by atoms with Crippen molar-refractivity contribution in [2.24, 2.45) is 0 Å². The zero-order valence-corrected chi connectivity index (χ0v) is 10.8. The molecule has 2 heterocycles. The minimum absolute atomic E-state index is 0.266. The van der Waals surface area contributed by atoms with Crippen LogP contribution in [0.1, 0.15) is 37.7 Å². The van der Waals surface area contributed by atoms with E-state index in [1.807, 2.05) is 30.3 Å². The van der Waals surface area contributed by atoms with Crippen molar-refractivity contribution in [2.45, 2.75) is 50.4 Å². The molecule has 102 valence electrons. The van der Waals surface area contributed by atoms with E-state index in [4.69, 9.17) is 14.5 Å². The minimum Gasteiger partial charge on any atom is -0.371 e. The number of benzene rings is 1. The number of fused-ring (bicyclic) bond motifs is 2. The Balaban J connectivity index is 1.42. The maximum Gasteiger partial charge on any atom is 0.345 e. The van der Waals surface area contributed by atoms with Crippen molar-refractivity contribution >= 4 is 5.97 Å². The van der Waals surface area contributed by atoms with Gasteiger partial charge in [-0.05, 0) is 31.2 Å². The predicted octanol–water partition coefficient (Wildman–Crippen LogP) is 2.76. The Kier molecular flexibility index (Phi) is 3.53. The van der Waals surface area contributed by atoms with Crippen molar-refractivity contribution < 1.29 is 19.3 Å². The molecule has 2 saturated heterocycles. The lowest BCUT2D eigenvalue weighted by Gasteiger charge is -2.22. The van der Waals surface area contributed by atoms with Crippen LogP contribution in [0.2, 0.25) is 0 Å². The smallest absolute Gasteiger partial charge is 0.345 e. The first-order valence-electron chi connectivity index (χ1n) is 6.80. The Hall–Kier alpha value is -1.39. The molecule has 2 aliphatic rings. The standard InChI is InChI=1S/C15H18O4/c16-14(10-15-8-6-13(18-15)7-9-15)19-17-11-12-4-2-1-3-5-12/h1-5,13H,6-11H2. The van der Waals surface area contributed by atoms with Gasteiger partial charge in [0, 0.05) is 0 Å². The first kappa shape index (κ1) is 12.6. The zero-order chi connectivity index (χ0) is 13.1. The molecule has 0 N–H and O–H groups in total. The fourth-order valence-corrected chi connectivity index (χ4v) is 2.96. The topological polar surface area (TPSA) is 44.8 Å². The summed E-state index contributed by atoms with van der Waals surface area (Å²) in [5.74, 6) is -0.335. The maximum absolute atomic E-state index is 11.7. The fourth-order valence-electron chi connectivity index (χ4n) is 2.96. The number of hydrogen-bond donors (Lipinski definition) is 0. The third kappa shape index (κ3) is 2.96. The fraction of sp³-hybridized carbons (Fsp3) is 0.533. The first-order valence-corrected chi connectivity index (χ1v) is 6.80. The Morgan fingerprint density at radius 2 is 2.00 bits per heavy atom. The number of ether oxygens (including phenoxy) is 1. The van der Waals surface area contributed by atoms with Crippen LogP contribution >= 0.6 is 0 Å². The number of rotatable bonds is 5. The average Bonchev–Trinajstić information content (AvgIpc) is 3.00. The monoisotopic (exact) mass is 262 g/mol. The Morgan fingerprint density at radius 1 is 1.26 bits per heavy atom. The number of carbonyl (C=O) groups excluding carboxylic acids is 1. The van der Waals surface area contributed by atoms with Gasteiger partial charge >= 0.3 is 5.97 Å². The van der Waals surface area contributed by atoms with Crippen LogP contribution in [0.4, 0.5) is 0 Å². The van der Waals surface area contributed by atoms with Crippen LogP contribution in [0, 0.1) is 0 Å². The van der Waals surface area contributed by atoms with Gasteiger partial charge in [-0.1, -0.05) is 30.3 Å². The van der Waals surface area contributed by atoms with Gasteiger partial charge in [0.25, 0.3) is 0 Å². The summed E-state index contributed by atoms with van der Waals surface area (Å²) in [5.41, 5.74) is 0.712. The minimum atomic E-state index is -0.335. The van der Waals surface area contributed by atoms with Gasteiger partial charge in [-0.2, -0.15) is 4.89 Å². The van der Waals surface area contributed by atoms with Gasteiger partial charge in [0.05, 0.1) is 18.1 Å². The van der Waals surface area contributed by atoms with E-state index in [2.05, 4.69) is 0 Å². The molecule has 0 amide bonds. The second-order valence-corrected chi connectivity index (χ2v) is 5.38. The summed E-state index contributed by atoms with van der Waals surface area (Å²) < 4.78 is 5.84. The predicted molar refractivity (Wildman–Crippen MR) is 68.0 cm³/mol. The maximum atomic E-state index is 11.7. The van der Waals surface area contributed by atoms with Crippen LogP contribution in [-0.4, -0.2) is 17.7 Å². The second kappa shape index (κ2) is 5.31. The van der Waals surface area contributed by atoms with E-state index in [-0.39, 0.29) is 18.2 Å². The van der Waals surface area contributed by atoms with Gasteiger partial charge in [0.2, 0.25) is 0 Å². The van der Waals surface area contributed by atoms with Gasteiger partial charge < -0.3 is 4.74 Å².